The molecule has 1 saturated heterocycles. The molecule has 3 aromatic rings. The summed E-state index contributed by atoms with van der Waals surface area (Å²) in [5.41, 5.74) is 10.0. The summed E-state index contributed by atoms with van der Waals surface area (Å²) in [6.07, 6.45) is -0.756. The van der Waals surface area contributed by atoms with Gasteiger partial charge in [-0.2, -0.15) is 4.98 Å². The van der Waals surface area contributed by atoms with Gasteiger partial charge in [0.1, 0.15) is 17.0 Å². The Labute approximate surface area is 210 Å². The molecular formula is C24H32N5O6P. The van der Waals surface area contributed by atoms with E-state index in [1.54, 1.807) is 11.9 Å². The van der Waals surface area contributed by atoms with Crippen molar-refractivity contribution < 1.29 is 23.6 Å². The molecule has 1 aliphatic heterocycles. The average molecular weight is 518 g/mol. The predicted molar refractivity (Wildman–Crippen MR) is 140 cm³/mol. The highest BCUT2D eigenvalue weighted by Gasteiger charge is 2.51. The van der Waals surface area contributed by atoms with Crippen LogP contribution in [0.5, 0.6) is 5.75 Å². The van der Waals surface area contributed by atoms with Crippen LogP contribution in [-0.2, 0) is 14.0 Å². The molecule has 6 N–H and O–H groups in total. The van der Waals surface area contributed by atoms with Crippen LogP contribution in [0.1, 0.15) is 27.2 Å². The van der Waals surface area contributed by atoms with E-state index >= 15 is 0 Å². The number of nitrogens with zero attached hydrogens (tertiary/aromatic N) is 2. The molecule has 36 heavy (non-hydrogen) atoms. The summed E-state index contributed by atoms with van der Waals surface area (Å²) in [5.74, 6) is -0.640. The van der Waals surface area contributed by atoms with Gasteiger partial charge in [-0.25, -0.2) is 0 Å². The zero-order valence-electron chi connectivity index (χ0n) is 20.6. The molecule has 0 bridgehead atoms. The summed E-state index contributed by atoms with van der Waals surface area (Å²) in [4.78, 5) is 20.3. The van der Waals surface area contributed by atoms with Gasteiger partial charge in [-0.05, 0) is 32.2 Å². The molecule has 1 aliphatic rings. The summed E-state index contributed by atoms with van der Waals surface area (Å²) < 4.78 is 24.0. The van der Waals surface area contributed by atoms with Gasteiger partial charge in [0.15, 0.2) is 17.8 Å². The van der Waals surface area contributed by atoms with Crippen LogP contribution in [0, 0.1) is 0 Å². The molecule has 4 rings (SSSR count). The molecule has 0 saturated carbocycles. The lowest BCUT2D eigenvalue weighted by atomic mass is 9.98. The van der Waals surface area contributed by atoms with Gasteiger partial charge in [0, 0.05) is 18.9 Å². The second-order valence-electron chi connectivity index (χ2n) is 9.45. The highest BCUT2D eigenvalue weighted by molar-refractivity contribution is 7.26. The maximum Gasteiger partial charge on any atom is 0.277 e. The van der Waals surface area contributed by atoms with E-state index in [-0.39, 0.29) is 33.1 Å². The summed E-state index contributed by atoms with van der Waals surface area (Å²) in [5, 5.41) is 12.5. The minimum absolute atomic E-state index is 0.0779. The third-order valence-electron chi connectivity index (χ3n) is 5.83. The second-order valence-corrected chi connectivity index (χ2v) is 10.1. The number of hydrogen-bond acceptors (Lipinski definition) is 10. The Bertz CT molecular complexity index is 1280. The molecule has 11 nitrogen and oxygen atoms in total. The van der Waals surface area contributed by atoms with E-state index in [4.69, 9.17) is 30.0 Å². The van der Waals surface area contributed by atoms with E-state index in [1.165, 1.54) is 13.8 Å². The van der Waals surface area contributed by atoms with Crippen LogP contribution >= 0.6 is 9.03 Å². The highest BCUT2D eigenvalue weighted by atomic mass is 31.1. The number of likely N-dealkylation sites (N-methyl/N-ethyl adjacent to an activating group) is 1. The van der Waals surface area contributed by atoms with E-state index in [1.807, 2.05) is 49.4 Å². The van der Waals surface area contributed by atoms with Crippen molar-refractivity contribution in [1.82, 2.24) is 9.97 Å². The number of ether oxygens (including phenoxy) is 2. The number of fused-ring (bicyclic) bond motifs is 1. The number of nitrogens with two attached hydrogens (primary N) is 2. The largest absolute Gasteiger partial charge is 0.449 e. The number of benzene rings is 2. The number of anilines is 3. The molecule has 0 aliphatic carbocycles. The van der Waals surface area contributed by atoms with Crippen molar-refractivity contribution in [1.29, 1.82) is 0 Å². The lowest BCUT2D eigenvalue weighted by Gasteiger charge is -2.40. The van der Waals surface area contributed by atoms with Crippen LogP contribution in [0.3, 0.4) is 0 Å². The number of aliphatic hydroxyl groups is 1. The number of rotatable bonds is 9. The molecule has 1 fully saturated rings. The number of nitrogen functional groups attached to an aromatic ring is 2. The lowest BCUT2D eigenvalue weighted by Crippen LogP contribution is -2.52. The number of aromatic nitrogens is 2. The van der Waals surface area contributed by atoms with Crippen LogP contribution in [0.15, 0.2) is 47.3 Å². The zero-order chi connectivity index (χ0) is 26.1. The predicted octanol–water partition coefficient (Wildman–Crippen LogP) is 2.75. The van der Waals surface area contributed by atoms with Crippen LogP contribution < -0.4 is 26.5 Å². The third-order valence-corrected chi connectivity index (χ3v) is 6.42. The molecule has 0 spiro atoms. The van der Waals surface area contributed by atoms with E-state index in [0.717, 1.165) is 16.5 Å². The summed E-state index contributed by atoms with van der Waals surface area (Å²) in [6, 6.07) is 13.8. The molecule has 12 heteroatoms. The van der Waals surface area contributed by atoms with Crippen molar-refractivity contribution in [3.63, 3.8) is 0 Å². The monoisotopic (exact) mass is 517 g/mol. The van der Waals surface area contributed by atoms with Gasteiger partial charge in [0.25, 0.3) is 5.56 Å². The van der Waals surface area contributed by atoms with Crippen molar-refractivity contribution in [2.75, 3.05) is 30.0 Å². The Morgan fingerprint density at radius 3 is 2.75 bits per heavy atom. The number of nitrogens with one attached hydrogen (secondary N) is 1. The summed E-state index contributed by atoms with van der Waals surface area (Å²) >= 11 is 0. The van der Waals surface area contributed by atoms with Crippen LogP contribution in [0.2, 0.25) is 0 Å². The second kappa shape index (κ2) is 10.2. The lowest BCUT2D eigenvalue weighted by molar-refractivity contribution is -0.251. The fourth-order valence-electron chi connectivity index (χ4n) is 4.54. The van der Waals surface area contributed by atoms with Crippen LogP contribution in [-0.4, -0.2) is 52.4 Å². The summed E-state index contributed by atoms with van der Waals surface area (Å²) in [7, 11) is 1.42. The smallest absolute Gasteiger partial charge is 0.277 e. The molecule has 3 unspecified atom stereocenters. The van der Waals surface area contributed by atoms with Crippen molar-refractivity contribution in [2.45, 2.75) is 50.9 Å². The average Bonchev–Trinajstić information content (AvgIpc) is 3.12. The molecule has 2 heterocycles. The van der Waals surface area contributed by atoms with Crippen molar-refractivity contribution >= 4 is 37.3 Å². The molecule has 4 atom stereocenters. The zero-order valence-corrected chi connectivity index (χ0v) is 21.6. The topological polar surface area (TPSA) is 158 Å². The fraction of sp³-hybridized carbons (Fsp3) is 0.417. The van der Waals surface area contributed by atoms with Gasteiger partial charge in [-0.1, -0.05) is 36.4 Å². The molecule has 1 aromatic heterocycles. The maximum absolute atomic E-state index is 12.1. The van der Waals surface area contributed by atoms with Gasteiger partial charge in [-0.3, -0.25) is 9.78 Å². The first-order valence-electron chi connectivity index (χ1n) is 11.4. The number of H-pyrrole nitrogens is 1. The van der Waals surface area contributed by atoms with Gasteiger partial charge < -0.3 is 40.0 Å². The minimum Gasteiger partial charge on any atom is -0.449 e. The molecule has 0 radical (unpaired) electrons. The molecular weight excluding hydrogens is 485 g/mol. The van der Waals surface area contributed by atoms with E-state index in [0.29, 0.717) is 6.42 Å². The molecule has 194 valence electrons. The van der Waals surface area contributed by atoms with Crippen molar-refractivity contribution in [3.8, 4) is 5.75 Å². The first-order valence-corrected chi connectivity index (χ1v) is 12.3. The van der Waals surface area contributed by atoms with E-state index < -0.39 is 29.3 Å². The standard InChI is InChI=1S/C24H32N5O6P/c1-23(2,31)35-24(3)12-15(33-21(24)29(4)19-18(25)20(30)28-22(26)27-19)13-32-36-34-17-11-7-9-14-8-5-6-10-16(14)17/h5-11,15,21,31,36H,12-13,25H2,1-4H3,(H3,26,27,28,30)/t15?,21?,24-/m0/s1. The number of hydrogen-bond donors (Lipinski definition) is 4. The van der Waals surface area contributed by atoms with Crippen molar-refractivity contribution in [2.24, 2.45) is 0 Å². The van der Waals surface area contributed by atoms with Gasteiger partial charge in [0.05, 0.1) is 12.7 Å². The summed E-state index contributed by atoms with van der Waals surface area (Å²) in [6.45, 7) is 5.11. The fourth-order valence-corrected chi connectivity index (χ4v) is 5.12. The van der Waals surface area contributed by atoms with Crippen LogP contribution in [0.25, 0.3) is 10.8 Å². The third kappa shape index (κ3) is 5.71. The number of aromatic amines is 1. The minimum atomic E-state index is -1.45. The maximum atomic E-state index is 12.1. The Kier molecular flexibility index (Phi) is 7.40. The van der Waals surface area contributed by atoms with Gasteiger partial charge >= 0.3 is 0 Å². The quantitative estimate of drug-likeness (QED) is 0.189. The first kappa shape index (κ1) is 26.1. The SMILES string of the molecule is CN(c1nc(N)[nH]c(=O)c1N)C1OC(COPOc2cccc3ccccc23)C[C@]1(C)OC(C)(C)O. The van der Waals surface area contributed by atoms with E-state index in [9.17, 15) is 9.90 Å². The normalized spacial score (nSPS) is 22.5. The van der Waals surface area contributed by atoms with Crippen LogP contribution in [0.4, 0.5) is 17.5 Å². The van der Waals surface area contributed by atoms with Gasteiger partial charge in [0.2, 0.25) is 15.0 Å². The first-order chi connectivity index (χ1) is 17.0. The Morgan fingerprint density at radius 2 is 2.00 bits per heavy atom. The molecule has 0 amide bonds. The Morgan fingerprint density at radius 1 is 1.28 bits per heavy atom. The van der Waals surface area contributed by atoms with E-state index in [2.05, 4.69) is 9.97 Å². The van der Waals surface area contributed by atoms with Crippen molar-refractivity contribution in [3.05, 3.63) is 52.8 Å². The van der Waals surface area contributed by atoms with Gasteiger partial charge in [-0.15, -0.1) is 0 Å². The molecule has 2 aromatic carbocycles. The Balaban J connectivity index is 1.46. The highest BCUT2D eigenvalue weighted by Crippen LogP contribution is 2.40. The Hall–Kier alpha value is -2.95.